The monoisotopic (exact) mass is 300 g/mol. The number of anilines is 1. The lowest BCUT2D eigenvalue weighted by Crippen LogP contribution is -2.23. The van der Waals surface area contributed by atoms with E-state index in [-0.39, 0.29) is 6.79 Å². The highest BCUT2D eigenvalue weighted by Gasteiger charge is 2.12. The second kappa shape index (κ2) is 6.19. The van der Waals surface area contributed by atoms with Crippen LogP contribution in [0.1, 0.15) is 5.56 Å². The summed E-state index contributed by atoms with van der Waals surface area (Å²) < 4.78 is 10.5. The molecule has 0 saturated carbocycles. The van der Waals surface area contributed by atoms with Crippen LogP contribution in [0.15, 0.2) is 47.8 Å². The minimum absolute atomic E-state index is 0.257. The van der Waals surface area contributed by atoms with Crippen LogP contribution < -0.4 is 20.2 Å². The predicted molar refractivity (Wildman–Crippen MR) is 83.8 cm³/mol. The van der Waals surface area contributed by atoms with Crippen LogP contribution in [-0.2, 0) is 0 Å². The van der Waals surface area contributed by atoms with Crippen molar-refractivity contribution in [3.8, 4) is 11.5 Å². The molecule has 3 rings (SSSR count). The van der Waals surface area contributed by atoms with Crippen molar-refractivity contribution >= 4 is 29.2 Å². The number of ether oxygens (including phenoxy) is 2. The number of rotatable bonds is 3. The van der Waals surface area contributed by atoms with E-state index in [1.807, 2.05) is 30.3 Å². The number of nitrogens with one attached hydrogen (secondary N) is 2. The van der Waals surface area contributed by atoms with Gasteiger partial charge in [0.25, 0.3) is 0 Å². The number of fused-ring (bicyclic) bond motifs is 1. The molecule has 7 heteroatoms. The molecule has 0 radical (unpaired) electrons. The van der Waals surface area contributed by atoms with Crippen LogP contribution in [0.5, 0.6) is 11.5 Å². The number of nitrogens with zero attached hydrogens (tertiary/aromatic N) is 2. The molecule has 21 heavy (non-hydrogen) atoms. The number of thiocarbonyl (C=S) groups is 1. The first-order valence-corrected chi connectivity index (χ1v) is 6.62. The third-order valence-corrected chi connectivity index (χ3v) is 2.89. The molecule has 1 aliphatic rings. The first-order chi connectivity index (χ1) is 10.3. The van der Waals surface area contributed by atoms with E-state index in [0.717, 1.165) is 22.7 Å². The zero-order valence-electron chi connectivity index (χ0n) is 10.9. The molecule has 106 valence electrons. The normalized spacial score (nSPS) is 12.4. The summed E-state index contributed by atoms with van der Waals surface area (Å²) in [6.45, 7) is 0.257. The van der Waals surface area contributed by atoms with Crippen molar-refractivity contribution in [1.82, 2.24) is 10.4 Å². The number of hydrazone groups is 1. The Morgan fingerprint density at radius 1 is 1.29 bits per heavy atom. The molecule has 2 heterocycles. The number of pyridine rings is 1. The van der Waals surface area contributed by atoms with E-state index < -0.39 is 0 Å². The summed E-state index contributed by atoms with van der Waals surface area (Å²) >= 11 is 5.12. The lowest BCUT2D eigenvalue weighted by molar-refractivity contribution is 0.174. The standard InChI is InChI=1S/C14H12N4O2S/c21-14(17-11-2-1-5-15-8-11)18-16-7-10-3-4-12-13(6-10)20-9-19-12/h1-8H,9H2,(H2,17,18,21)/b16-7+. The van der Waals surface area contributed by atoms with Gasteiger partial charge in [0.15, 0.2) is 16.6 Å². The Kier molecular flexibility index (Phi) is 3.92. The molecule has 0 spiro atoms. The van der Waals surface area contributed by atoms with E-state index in [1.165, 1.54) is 0 Å². The van der Waals surface area contributed by atoms with E-state index in [0.29, 0.717) is 5.11 Å². The highest BCUT2D eigenvalue weighted by molar-refractivity contribution is 7.80. The zero-order chi connectivity index (χ0) is 14.5. The van der Waals surface area contributed by atoms with Gasteiger partial charge in [-0.2, -0.15) is 5.10 Å². The van der Waals surface area contributed by atoms with Crippen LogP contribution in [0.4, 0.5) is 5.69 Å². The summed E-state index contributed by atoms with van der Waals surface area (Å²) in [4.78, 5) is 3.98. The SMILES string of the molecule is S=C(N/N=C/c1ccc2c(c1)OCO2)Nc1cccnc1. The van der Waals surface area contributed by atoms with Crippen molar-refractivity contribution in [1.29, 1.82) is 0 Å². The van der Waals surface area contributed by atoms with Gasteiger partial charge in [0.05, 0.1) is 18.1 Å². The molecule has 0 aliphatic carbocycles. The van der Waals surface area contributed by atoms with Gasteiger partial charge in [-0.25, -0.2) is 0 Å². The maximum atomic E-state index is 5.30. The van der Waals surface area contributed by atoms with Gasteiger partial charge in [-0.15, -0.1) is 0 Å². The Morgan fingerprint density at radius 3 is 3.05 bits per heavy atom. The van der Waals surface area contributed by atoms with Crippen LogP contribution in [-0.4, -0.2) is 23.1 Å². The van der Waals surface area contributed by atoms with E-state index >= 15 is 0 Å². The summed E-state index contributed by atoms with van der Waals surface area (Å²) in [6.07, 6.45) is 5.02. The summed E-state index contributed by atoms with van der Waals surface area (Å²) in [5, 5.41) is 7.43. The second-order valence-electron chi connectivity index (χ2n) is 4.18. The fraction of sp³-hybridized carbons (Fsp3) is 0.0714. The molecular weight excluding hydrogens is 288 g/mol. The third kappa shape index (κ3) is 3.46. The molecule has 6 nitrogen and oxygen atoms in total. The largest absolute Gasteiger partial charge is 0.454 e. The average Bonchev–Trinajstić information content (AvgIpc) is 2.96. The zero-order valence-corrected chi connectivity index (χ0v) is 11.8. The van der Waals surface area contributed by atoms with Crippen LogP contribution in [0.2, 0.25) is 0 Å². The minimum atomic E-state index is 0.257. The minimum Gasteiger partial charge on any atom is -0.454 e. The van der Waals surface area contributed by atoms with Crippen molar-refractivity contribution in [3.05, 3.63) is 48.3 Å². The van der Waals surface area contributed by atoms with Gasteiger partial charge in [-0.3, -0.25) is 10.4 Å². The van der Waals surface area contributed by atoms with Crippen molar-refractivity contribution in [3.63, 3.8) is 0 Å². The molecule has 1 aliphatic heterocycles. The first kappa shape index (κ1) is 13.3. The quantitative estimate of drug-likeness (QED) is 0.514. The fourth-order valence-corrected chi connectivity index (χ4v) is 1.93. The van der Waals surface area contributed by atoms with Gasteiger partial charge < -0.3 is 14.8 Å². The maximum absolute atomic E-state index is 5.30. The molecule has 1 aromatic carbocycles. The maximum Gasteiger partial charge on any atom is 0.231 e. The predicted octanol–water partition coefficient (Wildman–Crippen LogP) is 2.13. The van der Waals surface area contributed by atoms with Crippen LogP contribution in [0.3, 0.4) is 0 Å². The van der Waals surface area contributed by atoms with Crippen molar-refractivity contribution in [2.45, 2.75) is 0 Å². The summed E-state index contributed by atoms with van der Waals surface area (Å²) in [5.41, 5.74) is 4.42. The Morgan fingerprint density at radius 2 is 2.19 bits per heavy atom. The Bertz CT molecular complexity index is 676. The Labute approximate surface area is 126 Å². The van der Waals surface area contributed by atoms with Gasteiger partial charge in [-0.05, 0) is 48.1 Å². The summed E-state index contributed by atoms with van der Waals surface area (Å²) in [5.74, 6) is 1.46. The third-order valence-electron chi connectivity index (χ3n) is 2.70. The number of benzene rings is 1. The molecule has 0 bridgehead atoms. The van der Waals surface area contributed by atoms with E-state index in [1.54, 1.807) is 18.6 Å². The number of hydrogen-bond acceptors (Lipinski definition) is 5. The Hall–Kier alpha value is -2.67. The average molecular weight is 300 g/mol. The highest BCUT2D eigenvalue weighted by atomic mass is 32.1. The van der Waals surface area contributed by atoms with Crippen molar-refractivity contribution < 1.29 is 9.47 Å². The lowest BCUT2D eigenvalue weighted by Gasteiger charge is -2.05. The van der Waals surface area contributed by atoms with Gasteiger partial charge >= 0.3 is 0 Å². The number of hydrogen-bond donors (Lipinski definition) is 2. The molecule has 0 atom stereocenters. The van der Waals surface area contributed by atoms with E-state index in [9.17, 15) is 0 Å². The van der Waals surface area contributed by atoms with E-state index in [4.69, 9.17) is 21.7 Å². The summed E-state index contributed by atoms with van der Waals surface area (Å²) in [6, 6.07) is 9.26. The van der Waals surface area contributed by atoms with Gasteiger partial charge in [0.1, 0.15) is 0 Å². The molecule has 0 saturated heterocycles. The smallest absolute Gasteiger partial charge is 0.231 e. The van der Waals surface area contributed by atoms with E-state index in [2.05, 4.69) is 20.8 Å². The fourth-order valence-electron chi connectivity index (χ4n) is 1.75. The highest BCUT2D eigenvalue weighted by Crippen LogP contribution is 2.31. The summed E-state index contributed by atoms with van der Waals surface area (Å²) in [7, 11) is 0. The second-order valence-corrected chi connectivity index (χ2v) is 4.59. The van der Waals surface area contributed by atoms with Gasteiger partial charge in [-0.1, -0.05) is 0 Å². The molecule has 2 aromatic rings. The molecule has 1 aromatic heterocycles. The topological polar surface area (TPSA) is 67.8 Å². The van der Waals surface area contributed by atoms with Crippen molar-refractivity contribution in [2.24, 2.45) is 5.10 Å². The van der Waals surface area contributed by atoms with Crippen molar-refractivity contribution in [2.75, 3.05) is 12.1 Å². The van der Waals surface area contributed by atoms with Crippen LogP contribution in [0, 0.1) is 0 Å². The Balaban J connectivity index is 1.56. The molecular formula is C14H12N4O2S. The van der Waals surface area contributed by atoms with Crippen LogP contribution >= 0.6 is 12.2 Å². The number of aromatic nitrogens is 1. The van der Waals surface area contributed by atoms with Crippen LogP contribution in [0.25, 0.3) is 0 Å². The molecule has 0 amide bonds. The molecule has 2 N–H and O–H groups in total. The molecule has 0 fully saturated rings. The van der Waals surface area contributed by atoms with Gasteiger partial charge in [0.2, 0.25) is 6.79 Å². The lowest BCUT2D eigenvalue weighted by atomic mass is 10.2. The molecule has 0 unspecified atom stereocenters. The van der Waals surface area contributed by atoms with Gasteiger partial charge in [0, 0.05) is 6.20 Å². The first-order valence-electron chi connectivity index (χ1n) is 6.21.